The van der Waals surface area contributed by atoms with Crippen molar-refractivity contribution in [2.75, 3.05) is 17.2 Å². The molecule has 2 aliphatic carbocycles. The molecule has 4 heteroatoms. The van der Waals surface area contributed by atoms with Gasteiger partial charge in [-0.3, -0.25) is 0 Å². The summed E-state index contributed by atoms with van der Waals surface area (Å²) >= 11 is 0. The van der Waals surface area contributed by atoms with Crippen molar-refractivity contribution in [2.45, 2.75) is 63.8 Å². The van der Waals surface area contributed by atoms with Crippen molar-refractivity contribution in [3.05, 3.63) is 23.9 Å². The highest BCUT2D eigenvalue weighted by atomic mass is 15.1. The fraction of sp³-hybridized carbons (Fsp3) is 0.647. The maximum absolute atomic E-state index is 4.57. The van der Waals surface area contributed by atoms with E-state index in [0.29, 0.717) is 6.04 Å². The van der Waals surface area contributed by atoms with E-state index in [4.69, 9.17) is 0 Å². The van der Waals surface area contributed by atoms with Crippen LogP contribution >= 0.6 is 0 Å². The number of nitrogens with one attached hydrogen (secondary N) is 2. The van der Waals surface area contributed by atoms with E-state index in [9.17, 15) is 0 Å². The van der Waals surface area contributed by atoms with Gasteiger partial charge in [0, 0.05) is 18.8 Å². The standard InChI is InChI=1S/C17H26N4/c1-2-6-14(7-3-1)10-12-18-16-11-13-19-17(21-16)20-15-8-4-5-9-15/h6,11,13,15H,1-5,7-10,12H2,(H2,18,19,20,21). The third kappa shape index (κ3) is 4.45. The summed E-state index contributed by atoms with van der Waals surface area (Å²) in [4.78, 5) is 8.89. The summed E-state index contributed by atoms with van der Waals surface area (Å²) in [5.41, 5.74) is 1.60. The SMILES string of the molecule is C1=C(CCNc2ccnc(NC3CCCC3)n2)CCCC1. The van der Waals surface area contributed by atoms with E-state index in [0.717, 1.165) is 24.7 Å². The average Bonchev–Trinajstić information content (AvgIpc) is 3.02. The van der Waals surface area contributed by atoms with E-state index in [1.165, 1.54) is 51.4 Å². The molecule has 4 nitrogen and oxygen atoms in total. The number of allylic oxidation sites excluding steroid dienone is 1. The van der Waals surface area contributed by atoms with E-state index in [-0.39, 0.29) is 0 Å². The van der Waals surface area contributed by atoms with Gasteiger partial charge in [0.15, 0.2) is 0 Å². The van der Waals surface area contributed by atoms with Crippen LogP contribution in [0.1, 0.15) is 57.8 Å². The lowest BCUT2D eigenvalue weighted by Crippen LogP contribution is -2.17. The molecule has 1 saturated carbocycles. The van der Waals surface area contributed by atoms with Crippen LogP contribution in [-0.2, 0) is 0 Å². The minimum absolute atomic E-state index is 0.563. The average molecular weight is 286 g/mol. The van der Waals surface area contributed by atoms with Crippen molar-refractivity contribution in [2.24, 2.45) is 0 Å². The predicted octanol–water partition coefficient (Wildman–Crippen LogP) is 4.13. The Kier molecular flexibility index (Phi) is 5.08. The van der Waals surface area contributed by atoms with E-state index < -0.39 is 0 Å². The van der Waals surface area contributed by atoms with Crippen LogP contribution in [0.25, 0.3) is 0 Å². The van der Waals surface area contributed by atoms with Gasteiger partial charge in [-0.1, -0.05) is 24.5 Å². The normalized spacial score (nSPS) is 19.3. The maximum atomic E-state index is 4.57. The predicted molar refractivity (Wildman–Crippen MR) is 87.6 cm³/mol. The zero-order valence-electron chi connectivity index (χ0n) is 12.8. The van der Waals surface area contributed by atoms with Crippen molar-refractivity contribution < 1.29 is 0 Å². The molecule has 0 atom stereocenters. The summed E-state index contributed by atoms with van der Waals surface area (Å²) in [6.07, 6.45) is 15.8. The number of hydrogen-bond donors (Lipinski definition) is 2. The lowest BCUT2D eigenvalue weighted by atomic mass is 9.97. The molecule has 114 valence electrons. The van der Waals surface area contributed by atoms with Crippen molar-refractivity contribution in [3.8, 4) is 0 Å². The topological polar surface area (TPSA) is 49.8 Å². The van der Waals surface area contributed by atoms with Crippen molar-refractivity contribution in [3.63, 3.8) is 0 Å². The molecule has 2 N–H and O–H groups in total. The first-order valence-corrected chi connectivity index (χ1v) is 8.41. The minimum Gasteiger partial charge on any atom is -0.370 e. The largest absolute Gasteiger partial charge is 0.370 e. The first kappa shape index (κ1) is 14.4. The van der Waals surface area contributed by atoms with E-state index >= 15 is 0 Å². The molecule has 21 heavy (non-hydrogen) atoms. The van der Waals surface area contributed by atoms with Gasteiger partial charge in [-0.25, -0.2) is 4.98 Å². The third-order valence-electron chi connectivity index (χ3n) is 4.48. The summed E-state index contributed by atoms with van der Waals surface area (Å²) in [6, 6.07) is 2.52. The zero-order chi connectivity index (χ0) is 14.3. The van der Waals surface area contributed by atoms with Gasteiger partial charge in [-0.15, -0.1) is 0 Å². The molecule has 0 bridgehead atoms. The highest BCUT2D eigenvalue weighted by Crippen LogP contribution is 2.22. The van der Waals surface area contributed by atoms with Gasteiger partial charge in [0.2, 0.25) is 5.95 Å². The fourth-order valence-electron chi connectivity index (χ4n) is 3.26. The first-order valence-electron chi connectivity index (χ1n) is 8.41. The van der Waals surface area contributed by atoms with Gasteiger partial charge < -0.3 is 10.6 Å². The molecule has 1 heterocycles. The molecule has 1 aromatic rings. The lowest BCUT2D eigenvalue weighted by molar-refractivity contribution is 0.679. The van der Waals surface area contributed by atoms with Crippen LogP contribution in [0.5, 0.6) is 0 Å². The Morgan fingerprint density at radius 2 is 2.05 bits per heavy atom. The van der Waals surface area contributed by atoms with Crippen LogP contribution in [0.3, 0.4) is 0 Å². The smallest absolute Gasteiger partial charge is 0.224 e. The summed E-state index contributed by atoms with van der Waals surface area (Å²) in [5, 5.41) is 6.87. The quantitative estimate of drug-likeness (QED) is 0.772. The fourth-order valence-corrected chi connectivity index (χ4v) is 3.26. The molecule has 0 spiro atoms. The van der Waals surface area contributed by atoms with E-state index in [1.54, 1.807) is 5.57 Å². The van der Waals surface area contributed by atoms with Crippen LogP contribution in [0.15, 0.2) is 23.9 Å². The van der Waals surface area contributed by atoms with Crippen LogP contribution < -0.4 is 10.6 Å². The van der Waals surface area contributed by atoms with Gasteiger partial charge in [0.05, 0.1) is 0 Å². The second kappa shape index (κ2) is 7.43. The van der Waals surface area contributed by atoms with Gasteiger partial charge in [0.1, 0.15) is 5.82 Å². The molecule has 0 amide bonds. The maximum Gasteiger partial charge on any atom is 0.224 e. The van der Waals surface area contributed by atoms with Crippen LogP contribution in [0.2, 0.25) is 0 Å². The van der Waals surface area contributed by atoms with E-state index in [2.05, 4.69) is 26.7 Å². The van der Waals surface area contributed by atoms with Gasteiger partial charge in [-0.2, -0.15) is 4.98 Å². The van der Waals surface area contributed by atoms with Gasteiger partial charge in [-0.05, 0) is 51.0 Å². The summed E-state index contributed by atoms with van der Waals surface area (Å²) in [5.74, 6) is 1.70. The van der Waals surface area contributed by atoms with Gasteiger partial charge in [0.25, 0.3) is 0 Å². The number of nitrogens with zero attached hydrogens (tertiary/aromatic N) is 2. The molecular formula is C17H26N4. The molecular weight excluding hydrogens is 260 g/mol. The number of hydrogen-bond acceptors (Lipinski definition) is 4. The molecule has 0 aliphatic heterocycles. The molecule has 0 aromatic carbocycles. The minimum atomic E-state index is 0.563. The first-order chi connectivity index (χ1) is 10.4. The van der Waals surface area contributed by atoms with Crippen molar-refractivity contribution in [1.29, 1.82) is 0 Å². The Morgan fingerprint density at radius 3 is 2.86 bits per heavy atom. The number of anilines is 2. The summed E-state index contributed by atoms with van der Waals surface area (Å²) in [6.45, 7) is 0.964. The molecule has 2 aliphatic rings. The highest BCUT2D eigenvalue weighted by molar-refractivity contribution is 5.40. The molecule has 0 saturated heterocycles. The van der Waals surface area contributed by atoms with Crippen LogP contribution in [-0.4, -0.2) is 22.6 Å². The molecule has 3 rings (SSSR count). The second-order valence-corrected chi connectivity index (χ2v) is 6.18. The monoisotopic (exact) mass is 286 g/mol. The Balaban J connectivity index is 1.47. The highest BCUT2D eigenvalue weighted by Gasteiger charge is 2.15. The molecule has 1 aromatic heterocycles. The van der Waals surface area contributed by atoms with Gasteiger partial charge >= 0.3 is 0 Å². The summed E-state index contributed by atoms with van der Waals surface area (Å²) < 4.78 is 0. The Bertz CT molecular complexity index is 477. The zero-order valence-corrected chi connectivity index (χ0v) is 12.8. The Morgan fingerprint density at radius 1 is 1.14 bits per heavy atom. The Hall–Kier alpha value is -1.58. The molecule has 0 radical (unpaired) electrons. The summed E-state index contributed by atoms with van der Waals surface area (Å²) in [7, 11) is 0. The van der Waals surface area contributed by atoms with E-state index in [1.807, 2.05) is 12.3 Å². The van der Waals surface area contributed by atoms with Crippen LogP contribution in [0.4, 0.5) is 11.8 Å². The third-order valence-corrected chi connectivity index (χ3v) is 4.48. The van der Waals surface area contributed by atoms with Crippen molar-refractivity contribution >= 4 is 11.8 Å². The second-order valence-electron chi connectivity index (χ2n) is 6.18. The number of aromatic nitrogens is 2. The lowest BCUT2D eigenvalue weighted by Gasteiger charge is -2.14. The molecule has 1 fully saturated rings. The molecule has 0 unspecified atom stereocenters. The van der Waals surface area contributed by atoms with Crippen molar-refractivity contribution in [1.82, 2.24) is 9.97 Å². The van der Waals surface area contributed by atoms with Crippen LogP contribution in [0, 0.1) is 0 Å². The Labute approximate surface area is 127 Å². The number of rotatable bonds is 6.